The fourth-order valence-electron chi connectivity index (χ4n) is 0.167. The normalized spacial score (nSPS) is 11.2. The molecule has 3 heteroatoms. The fraction of sp³-hybridized carbons (Fsp3) is 0. The van der Waals surface area contributed by atoms with Crippen molar-refractivity contribution in [1.82, 2.24) is 4.98 Å². The van der Waals surface area contributed by atoms with Gasteiger partial charge in [0.1, 0.15) is 0 Å². The zero-order valence-electron chi connectivity index (χ0n) is 2.55. The lowest BCUT2D eigenvalue weighted by atomic mass is 11.5. The minimum Gasteiger partial charge on any atom is -0.255 e. The first kappa shape index (κ1) is 3.33. The second-order valence-electron chi connectivity index (χ2n) is 0.652. The van der Waals surface area contributed by atoms with Crippen molar-refractivity contribution in [2.75, 3.05) is 0 Å². The smallest absolute Gasteiger partial charge is 0.0580 e. The van der Waals surface area contributed by atoms with Crippen molar-refractivity contribution in [1.29, 1.82) is 0 Å². The SMILES string of the molecule is c1nc[pH]p1. The second-order valence-corrected chi connectivity index (χ2v) is 3.21. The van der Waals surface area contributed by atoms with E-state index in [-0.39, 0.29) is 0 Å². The molecule has 5 heavy (non-hydrogen) atoms. The molecule has 0 aromatic carbocycles. The largest absolute Gasteiger partial charge is 0.255 e. The third-order valence-corrected chi connectivity index (χ3v) is 2.13. The number of aromatic nitrogens is 1. The van der Waals surface area contributed by atoms with Crippen LogP contribution in [0.3, 0.4) is 0 Å². The molecule has 0 aliphatic heterocycles. The van der Waals surface area contributed by atoms with Crippen LogP contribution in [0.2, 0.25) is 0 Å². The van der Waals surface area contributed by atoms with Gasteiger partial charge >= 0.3 is 0 Å². The van der Waals surface area contributed by atoms with Gasteiger partial charge in [0.25, 0.3) is 0 Å². The number of nitrogens with zero attached hydrogens (tertiary/aromatic N) is 1. The minimum absolute atomic E-state index is 0.934. The maximum Gasteiger partial charge on any atom is 0.0580 e. The molecule has 1 heterocycles. The average molecular weight is 103 g/mol. The summed E-state index contributed by atoms with van der Waals surface area (Å²) in [4.78, 5) is 3.83. The number of hydrogen-bond acceptors (Lipinski definition) is 1. The van der Waals surface area contributed by atoms with Gasteiger partial charge in [0.15, 0.2) is 0 Å². The molecule has 1 aromatic heterocycles. The van der Waals surface area contributed by atoms with Gasteiger partial charge in [-0.05, 0) is 7.87 Å². The summed E-state index contributed by atoms with van der Waals surface area (Å²) < 4.78 is 0. The van der Waals surface area contributed by atoms with E-state index in [2.05, 4.69) is 4.98 Å². The van der Waals surface area contributed by atoms with Crippen molar-refractivity contribution >= 4 is 15.7 Å². The van der Waals surface area contributed by atoms with Crippen LogP contribution in [0.5, 0.6) is 0 Å². The van der Waals surface area contributed by atoms with Gasteiger partial charge in [-0.15, -0.1) is 0 Å². The van der Waals surface area contributed by atoms with Crippen LogP contribution in [0, 0.1) is 0 Å². The molecule has 0 aliphatic carbocycles. The Morgan fingerprint density at radius 3 is 3.00 bits per heavy atom. The van der Waals surface area contributed by atoms with Crippen LogP contribution in [0.4, 0.5) is 0 Å². The fourth-order valence-corrected chi connectivity index (χ4v) is 1.50. The summed E-state index contributed by atoms with van der Waals surface area (Å²) in [6, 6.07) is 0. The molecule has 0 saturated heterocycles. The van der Waals surface area contributed by atoms with E-state index < -0.39 is 0 Å². The van der Waals surface area contributed by atoms with Crippen LogP contribution >= 0.6 is 15.7 Å². The second kappa shape index (κ2) is 1.55. The lowest BCUT2D eigenvalue weighted by Gasteiger charge is -1.41. The van der Waals surface area contributed by atoms with E-state index in [0.29, 0.717) is 0 Å². The lowest BCUT2D eigenvalue weighted by molar-refractivity contribution is 1.46. The van der Waals surface area contributed by atoms with Gasteiger partial charge in [-0.2, -0.15) is 0 Å². The Labute approximate surface area is 33.5 Å². The van der Waals surface area contributed by atoms with E-state index in [0.717, 1.165) is 7.87 Å². The summed E-state index contributed by atoms with van der Waals surface area (Å²) in [5.41, 5.74) is 0. The Hall–Kier alpha value is 0.140. The monoisotopic (exact) mass is 103 g/mol. The Morgan fingerprint density at radius 2 is 2.80 bits per heavy atom. The lowest BCUT2D eigenvalue weighted by Crippen LogP contribution is -1.35. The van der Waals surface area contributed by atoms with E-state index in [9.17, 15) is 0 Å². The molecule has 0 N–H and O–H groups in total. The molecular formula is C2H3NP2. The predicted octanol–water partition coefficient (Wildman–Crippen LogP) is 1.69. The van der Waals surface area contributed by atoms with Gasteiger partial charge in [0.05, 0.1) is 5.93 Å². The molecule has 1 rings (SSSR count). The Balaban J connectivity index is 3.13. The molecule has 26 valence electrons. The molecule has 0 fully saturated rings. The van der Waals surface area contributed by atoms with Crippen molar-refractivity contribution in [3.05, 3.63) is 11.9 Å². The highest BCUT2D eigenvalue weighted by molar-refractivity contribution is 7.89. The quantitative estimate of drug-likeness (QED) is 0.486. The third kappa shape index (κ3) is 0.718. The number of hydrogen-bond donors (Lipinski definition) is 0. The molecule has 0 spiro atoms. The van der Waals surface area contributed by atoms with Crippen molar-refractivity contribution in [3.8, 4) is 0 Å². The van der Waals surface area contributed by atoms with Gasteiger partial charge in [-0.25, -0.2) is 0 Å². The van der Waals surface area contributed by atoms with Crippen LogP contribution in [0.1, 0.15) is 0 Å². The molecule has 1 aromatic rings. The summed E-state index contributed by atoms with van der Waals surface area (Å²) in [7, 11) is 2.31. The molecule has 0 bridgehead atoms. The summed E-state index contributed by atoms with van der Waals surface area (Å²) in [6.07, 6.45) is 0. The zero-order chi connectivity index (χ0) is 3.54. The Kier molecular flexibility index (Phi) is 1.03. The zero-order valence-corrected chi connectivity index (χ0v) is 4.44. The average Bonchev–Trinajstić information content (AvgIpc) is 1.76. The molecule has 1 unspecified atom stereocenters. The maximum atomic E-state index is 3.83. The Bertz CT molecular complexity index is 64.1. The van der Waals surface area contributed by atoms with E-state index >= 15 is 0 Å². The van der Waals surface area contributed by atoms with Crippen molar-refractivity contribution in [3.63, 3.8) is 0 Å². The van der Waals surface area contributed by atoms with Gasteiger partial charge in [-0.1, -0.05) is 7.87 Å². The van der Waals surface area contributed by atoms with Crippen LogP contribution < -0.4 is 0 Å². The first-order valence-corrected chi connectivity index (χ1v) is 4.17. The highest BCUT2D eigenvalue weighted by atomic mass is 31.8. The van der Waals surface area contributed by atoms with Crippen LogP contribution in [0.25, 0.3) is 0 Å². The molecule has 1 nitrogen and oxygen atoms in total. The van der Waals surface area contributed by atoms with Crippen LogP contribution in [0.15, 0.2) is 11.9 Å². The standard InChI is InChI=1S/C2H3NP2/c1-3-2-5-4-1/h1-2,4H. The highest BCUT2D eigenvalue weighted by Crippen LogP contribution is 2.14. The van der Waals surface area contributed by atoms with E-state index in [4.69, 9.17) is 0 Å². The van der Waals surface area contributed by atoms with E-state index in [1.54, 1.807) is 0 Å². The first-order chi connectivity index (χ1) is 2.50. The first-order valence-electron chi connectivity index (χ1n) is 1.29. The van der Waals surface area contributed by atoms with E-state index in [1.807, 2.05) is 11.9 Å². The summed E-state index contributed by atoms with van der Waals surface area (Å²) in [6.45, 7) is 0. The van der Waals surface area contributed by atoms with Gasteiger partial charge in [0, 0.05) is 5.93 Å². The molecule has 0 amide bonds. The van der Waals surface area contributed by atoms with Gasteiger partial charge in [0.2, 0.25) is 0 Å². The predicted molar refractivity (Wildman–Crippen MR) is 26.3 cm³/mol. The molecule has 0 aliphatic rings. The molecule has 0 radical (unpaired) electrons. The van der Waals surface area contributed by atoms with Gasteiger partial charge < -0.3 is 0 Å². The van der Waals surface area contributed by atoms with Crippen molar-refractivity contribution in [2.45, 2.75) is 0 Å². The molecule has 0 saturated carbocycles. The van der Waals surface area contributed by atoms with E-state index in [1.165, 1.54) is 7.87 Å². The molecule has 1 atom stereocenters. The minimum atomic E-state index is 0.934. The van der Waals surface area contributed by atoms with Gasteiger partial charge in [-0.3, -0.25) is 4.98 Å². The Morgan fingerprint density at radius 1 is 1.80 bits per heavy atom. The highest BCUT2D eigenvalue weighted by Gasteiger charge is 1.59. The van der Waals surface area contributed by atoms with Crippen LogP contribution in [-0.2, 0) is 0 Å². The van der Waals surface area contributed by atoms with Crippen molar-refractivity contribution < 1.29 is 0 Å². The van der Waals surface area contributed by atoms with Crippen molar-refractivity contribution in [2.24, 2.45) is 0 Å². The number of rotatable bonds is 0. The summed E-state index contributed by atoms with van der Waals surface area (Å²) in [5.74, 6) is 3.86. The summed E-state index contributed by atoms with van der Waals surface area (Å²) in [5, 5.41) is 0. The molecular weight excluding hydrogens is 100.0 g/mol. The maximum absolute atomic E-state index is 3.83. The summed E-state index contributed by atoms with van der Waals surface area (Å²) >= 11 is 0. The van der Waals surface area contributed by atoms with Crippen LogP contribution in [-0.4, -0.2) is 4.98 Å². The third-order valence-electron chi connectivity index (χ3n) is 0.331. The topological polar surface area (TPSA) is 12.9 Å².